The van der Waals surface area contributed by atoms with Crippen LogP contribution in [0.3, 0.4) is 0 Å². The molecule has 1 aliphatic heterocycles. The lowest BCUT2D eigenvalue weighted by molar-refractivity contribution is -0.248. The van der Waals surface area contributed by atoms with Crippen LogP contribution >= 0.6 is 34.8 Å². The van der Waals surface area contributed by atoms with Gasteiger partial charge in [-0.15, -0.1) is 0 Å². The summed E-state index contributed by atoms with van der Waals surface area (Å²) in [5, 5.41) is 13.8. The van der Waals surface area contributed by atoms with Crippen LogP contribution in [-0.4, -0.2) is 60.6 Å². The Kier molecular flexibility index (Phi) is 10.8. The van der Waals surface area contributed by atoms with Gasteiger partial charge in [-0.2, -0.15) is 0 Å². The molecule has 0 radical (unpaired) electrons. The SMILES string of the molecule is CC(C)C(C)(C)[Si](C)(C)O[C@@H]1O[C@H](C)[C@H](OCc2ccccc2)[C@H](O)[C@H]1NC(=O)OCC(Cl)(Cl)Cl. The Hall–Kier alpha value is -0.583. The predicted octanol–water partition coefficient (Wildman–Crippen LogP) is 5.80. The molecule has 1 amide bonds. The predicted molar refractivity (Wildman–Crippen MR) is 141 cm³/mol. The van der Waals surface area contributed by atoms with Crippen molar-refractivity contribution in [2.75, 3.05) is 6.61 Å². The molecule has 2 rings (SSSR count). The van der Waals surface area contributed by atoms with Crippen molar-refractivity contribution in [2.45, 2.75) is 93.8 Å². The summed E-state index contributed by atoms with van der Waals surface area (Å²) < 4.78 is 22.1. The number of carbonyl (C=O) groups excluding carboxylic acids is 1. The van der Waals surface area contributed by atoms with Crippen LogP contribution < -0.4 is 5.32 Å². The van der Waals surface area contributed by atoms with Crippen molar-refractivity contribution >= 4 is 49.2 Å². The van der Waals surface area contributed by atoms with Gasteiger partial charge in [0.2, 0.25) is 3.79 Å². The molecule has 0 aliphatic carbocycles. The number of alkyl carbamates (subject to hydrolysis) is 1. The van der Waals surface area contributed by atoms with E-state index in [4.69, 9.17) is 53.4 Å². The zero-order chi connectivity index (χ0) is 26.6. The molecule has 7 nitrogen and oxygen atoms in total. The van der Waals surface area contributed by atoms with Gasteiger partial charge in [0, 0.05) is 0 Å². The Labute approximate surface area is 224 Å². The number of aliphatic hydroxyl groups is 1. The molecule has 1 heterocycles. The van der Waals surface area contributed by atoms with Gasteiger partial charge in [0.25, 0.3) is 0 Å². The maximum absolute atomic E-state index is 12.5. The summed E-state index contributed by atoms with van der Waals surface area (Å²) in [5.41, 5.74) is 0.948. The maximum Gasteiger partial charge on any atom is 0.407 e. The summed E-state index contributed by atoms with van der Waals surface area (Å²) >= 11 is 17.1. The van der Waals surface area contributed by atoms with E-state index in [2.05, 4.69) is 46.1 Å². The molecule has 1 aliphatic rings. The number of rotatable bonds is 9. The summed E-state index contributed by atoms with van der Waals surface area (Å²) in [6.45, 7) is 14.5. The molecule has 0 spiro atoms. The molecule has 11 heteroatoms. The Morgan fingerprint density at radius 1 is 1.20 bits per heavy atom. The lowest BCUT2D eigenvalue weighted by atomic mass is 9.97. The molecular formula is C24H38Cl3NO6Si. The third kappa shape index (κ3) is 8.47. The Bertz CT molecular complexity index is 821. The number of carbonyl (C=O) groups is 1. The fraction of sp³-hybridized carbons (Fsp3) is 0.708. The standard InChI is InChI=1S/C24H38Cl3NO6Si/c1-15(2)23(4,5)35(6,7)34-21-18(28-22(30)32-14-24(25,26)27)19(29)20(16(3)33-21)31-13-17-11-9-8-10-12-17/h8-12,15-16,18-21,29H,13-14H2,1-7H3,(H,28,30)/t16-,18-,19-,20+,21+/m1/s1. The van der Waals surface area contributed by atoms with Crippen molar-refractivity contribution in [3.05, 3.63) is 35.9 Å². The quantitative estimate of drug-likeness (QED) is 0.288. The molecule has 35 heavy (non-hydrogen) atoms. The highest BCUT2D eigenvalue weighted by atomic mass is 35.6. The van der Waals surface area contributed by atoms with Gasteiger partial charge in [-0.1, -0.05) is 92.8 Å². The number of nitrogens with one attached hydrogen (secondary N) is 1. The van der Waals surface area contributed by atoms with E-state index in [1.807, 2.05) is 37.3 Å². The van der Waals surface area contributed by atoms with Crippen LogP contribution in [0, 0.1) is 5.92 Å². The average Bonchev–Trinajstić information content (AvgIpc) is 2.74. The van der Waals surface area contributed by atoms with Crippen LogP contribution in [0.5, 0.6) is 0 Å². The van der Waals surface area contributed by atoms with E-state index in [1.54, 1.807) is 0 Å². The number of halogens is 3. The molecule has 1 aromatic rings. The van der Waals surface area contributed by atoms with Gasteiger partial charge in [-0.05, 0) is 36.5 Å². The van der Waals surface area contributed by atoms with E-state index in [0.717, 1.165) is 5.56 Å². The van der Waals surface area contributed by atoms with Crippen molar-refractivity contribution in [1.29, 1.82) is 0 Å². The van der Waals surface area contributed by atoms with Crippen LogP contribution in [0.2, 0.25) is 18.1 Å². The highest BCUT2D eigenvalue weighted by Gasteiger charge is 2.51. The minimum atomic E-state index is -2.41. The highest BCUT2D eigenvalue weighted by Crippen LogP contribution is 2.46. The topological polar surface area (TPSA) is 86.3 Å². The Morgan fingerprint density at radius 3 is 2.34 bits per heavy atom. The third-order valence-electron chi connectivity index (χ3n) is 7.15. The number of alkyl halides is 3. The normalized spacial score (nSPS) is 26.0. The molecule has 0 bridgehead atoms. The van der Waals surface area contributed by atoms with E-state index in [9.17, 15) is 9.90 Å². The molecular weight excluding hydrogens is 533 g/mol. The van der Waals surface area contributed by atoms with Gasteiger partial charge in [-0.3, -0.25) is 0 Å². The first-order valence-electron chi connectivity index (χ1n) is 11.7. The van der Waals surface area contributed by atoms with Gasteiger partial charge in [0.1, 0.15) is 24.9 Å². The van der Waals surface area contributed by atoms with Gasteiger partial charge in [0.05, 0.1) is 12.7 Å². The van der Waals surface area contributed by atoms with E-state index in [1.165, 1.54) is 0 Å². The van der Waals surface area contributed by atoms with Crippen LogP contribution in [0.15, 0.2) is 30.3 Å². The largest absolute Gasteiger partial charge is 0.445 e. The van der Waals surface area contributed by atoms with E-state index >= 15 is 0 Å². The smallest absolute Gasteiger partial charge is 0.407 e. The molecule has 1 saturated heterocycles. The molecule has 2 N–H and O–H groups in total. The zero-order valence-corrected chi connectivity index (χ0v) is 24.7. The fourth-order valence-corrected chi connectivity index (χ4v) is 6.38. The fourth-order valence-electron chi connectivity index (χ4n) is 3.73. The second-order valence-corrected chi connectivity index (χ2v) is 17.4. The van der Waals surface area contributed by atoms with Gasteiger partial charge >= 0.3 is 6.09 Å². The van der Waals surface area contributed by atoms with Gasteiger partial charge < -0.3 is 29.1 Å². The number of benzene rings is 1. The zero-order valence-electron chi connectivity index (χ0n) is 21.4. The monoisotopic (exact) mass is 569 g/mol. The van der Waals surface area contributed by atoms with Gasteiger partial charge in [-0.25, -0.2) is 4.79 Å². The number of aliphatic hydroxyl groups excluding tert-OH is 1. The van der Waals surface area contributed by atoms with Crippen molar-refractivity contribution in [3.63, 3.8) is 0 Å². The average molecular weight is 571 g/mol. The summed E-state index contributed by atoms with van der Waals surface area (Å²) in [6.07, 6.45) is -4.15. The number of amides is 1. The van der Waals surface area contributed by atoms with E-state index in [-0.39, 0.29) is 11.6 Å². The lowest BCUT2D eigenvalue weighted by Gasteiger charge is -2.49. The van der Waals surface area contributed by atoms with Crippen molar-refractivity contribution in [1.82, 2.24) is 5.32 Å². The first kappa shape index (κ1) is 30.6. The minimum absolute atomic E-state index is 0.119. The molecule has 0 unspecified atom stereocenters. The third-order valence-corrected chi connectivity index (χ3v) is 12.0. The van der Waals surface area contributed by atoms with Crippen LogP contribution in [0.25, 0.3) is 0 Å². The second kappa shape index (κ2) is 12.3. The molecule has 0 saturated carbocycles. The molecule has 5 atom stereocenters. The second-order valence-electron chi connectivity index (χ2n) is 10.3. The maximum atomic E-state index is 12.5. The summed E-state index contributed by atoms with van der Waals surface area (Å²) in [4.78, 5) is 12.5. The minimum Gasteiger partial charge on any atom is -0.445 e. The first-order chi connectivity index (χ1) is 16.0. The van der Waals surface area contributed by atoms with E-state index < -0.39 is 55.5 Å². The molecule has 0 aromatic heterocycles. The summed E-state index contributed by atoms with van der Waals surface area (Å²) in [7, 11) is -2.41. The van der Waals surface area contributed by atoms with E-state index in [0.29, 0.717) is 5.92 Å². The summed E-state index contributed by atoms with van der Waals surface area (Å²) in [6, 6.07) is 8.63. The van der Waals surface area contributed by atoms with Crippen LogP contribution in [-0.2, 0) is 25.2 Å². The Balaban J connectivity index is 2.24. The number of ether oxygens (including phenoxy) is 3. The molecule has 1 aromatic carbocycles. The molecule has 200 valence electrons. The van der Waals surface area contributed by atoms with Crippen molar-refractivity contribution < 1.29 is 28.5 Å². The van der Waals surface area contributed by atoms with Crippen LogP contribution in [0.1, 0.15) is 40.2 Å². The number of hydrogen-bond acceptors (Lipinski definition) is 6. The van der Waals surface area contributed by atoms with Crippen LogP contribution in [0.4, 0.5) is 4.79 Å². The van der Waals surface area contributed by atoms with Crippen molar-refractivity contribution in [3.8, 4) is 0 Å². The number of hydrogen-bond donors (Lipinski definition) is 2. The first-order valence-corrected chi connectivity index (χ1v) is 15.8. The van der Waals surface area contributed by atoms with Crippen molar-refractivity contribution in [2.24, 2.45) is 5.92 Å². The van der Waals surface area contributed by atoms with Gasteiger partial charge in [0.15, 0.2) is 14.6 Å². The lowest BCUT2D eigenvalue weighted by Crippen LogP contribution is -2.66. The highest BCUT2D eigenvalue weighted by molar-refractivity contribution is 6.74. The Morgan fingerprint density at radius 2 is 1.80 bits per heavy atom. The summed E-state index contributed by atoms with van der Waals surface area (Å²) in [5.74, 6) is 0.345. The molecule has 1 fully saturated rings.